The number of rotatable bonds is 6. The number of hydrogen-bond acceptors (Lipinski definition) is 4. The molecule has 1 aromatic heterocycles. The van der Waals surface area contributed by atoms with Crippen molar-refractivity contribution in [2.24, 2.45) is 5.92 Å². The number of aromatic nitrogens is 1. The predicted octanol–water partition coefficient (Wildman–Crippen LogP) is 4.44. The fraction of sp³-hybridized carbons (Fsp3) is 0.476. The molecule has 2 aromatic rings. The smallest absolute Gasteiger partial charge is 0.170 e. The Morgan fingerprint density at radius 3 is 2.63 bits per heavy atom. The van der Waals surface area contributed by atoms with Crippen LogP contribution in [0.15, 0.2) is 35.4 Å². The Bertz CT molecular complexity index is 808. The van der Waals surface area contributed by atoms with E-state index in [1.807, 2.05) is 0 Å². The number of nitrogens with zero attached hydrogens (tertiary/aromatic N) is 2. The van der Waals surface area contributed by atoms with Crippen molar-refractivity contribution in [3.63, 3.8) is 0 Å². The van der Waals surface area contributed by atoms with Crippen molar-refractivity contribution in [1.29, 1.82) is 0 Å². The summed E-state index contributed by atoms with van der Waals surface area (Å²) in [5.41, 5.74) is 1.39. The van der Waals surface area contributed by atoms with Crippen molar-refractivity contribution in [1.82, 2.24) is 15.4 Å². The van der Waals surface area contributed by atoms with Crippen LogP contribution in [0.2, 0.25) is 0 Å². The first kappa shape index (κ1) is 18.2. The monoisotopic (exact) mass is 373 g/mol. The van der Waals surface area contributed by atoms with Gasteiger partial charge in [-0.05, 0) is 56.8 Å². The Balaban J connectivity index is 1.29. The molecule has 2 heterocycles. The summed E-state index contributed by atoms with van der Waals surface area (Å²) >= 11 is 0. The van der Waals surface area contributed by atoms with Gasteiger partial charge in [0.25, 0.3) is 0 Å². The highest BCUT2D eigenvalue weighted by Crippen LogP contribution is 2.29. The summed E-state index contributed by atoms with van der Waals surface area (Å²) in [4.78, 5) is 2.63. The molecule has 1 aliphatic carbocycles. The zero-order valence-corrected chi connectivity index (χ0v) is 15.4. The van der Waals surface area contributed by atoms with E-state index in [9.17, 15) is 8.78 Å². The van der Waals surface area contributed by atoms with E-state index < -0.39 is 11.6 Å². The maximum absolute atomic E-state index is 13.9. The third-order valence-electron chi connectivity index (χ3n) is 5.86. The van der Waals surface area contributed by atoms with E-state index in [0.717, 1.165) is 18.7 Å². The molecule has 2 aliphatic rings. The zero-order chi connectivity index (χ0) is 18.8. The average molecular weight is 373 g/mol. The van der Waals surface area contributed by atoms with E-state index in [1.165, 1.54) is 57.3 Å². The largest absolute Gasteiger partial charge is 0.383 e. The first-order valence-electron chi connectivity index (χ1n) is 9.69. The van der Waals surface area contributed by atoms with Gasteiger partial charge in [-0.2, -0.15) is 0 Å². The van der Waals surface area contributed by atoms with Crippen LogP contribution in [0.1, 0.15) is 37.8 Å². The van der Waals surface area contributed by atoms with Crippen LogP contribution in [-0.4, -0.2) is 35.7 Å². The maximum atomic E-state index is 13.9. The number of nitrogens with one attached hydrogen (secondary N) is 1. The lowest BCUT2D eigenvalue weighted by atomic mass is 9.88. The predicted molar refractivity (Wildman–Crippen MR) is 101 cm³/mol. The zero-order valence-electron chi connectivity index (χ0n) is 15.4. The Hall–Kier alpha value is -2.21. The van der Waals surface area contributed by atoms with E-state index in [1.54, 1.807) is 6.07 Å². The fourth-order valence-corrected chi connectivity index (χ4v) is 3.87. The average Bonchev–Trinajstić information content (AvgIpc) is 3.09. The second kappa shape index (κ2) is 7.80. The minimum atomic E-state index is -0.672. The molecule has 2 fully saturated rings. The fourth-order valence-electron chi connectivity index (χ4n) is 3.87. The van der Waals surface area contributed by atoms with Crippen molar-refractivity contribution < 1.29 is 13.3 Å². The Kier molecular flexibility index (Phi) is 5.25. The first-order chi connectivity index (χ1) is 13.1. The molecule has 1 saturated carbocycles. The molecule has 0 amide bonds. The number of halogens is 2. The molecule has 6 heteroatoms. The van der Waals surface area contributed by atoms with Crippen molar-refractivity contribution in [3.05, 3.63) is 48.2 Å². The van der Waals surface area contributed by atoms with E-state index in [4.69, 9.17) is 4.52 Å². The molecule has 1 aromatic carbocycles. The molecule has 0 spiro atoms. The van der Waals surface area contributed by atoms with Crippen LogP contribution in [0.25, 0.3) is 17.0 Å². The van der Waals surface area contributed by atoms with Crippen LogP contribution >= 0.6 is 0 Å². The first-order valence-corrected chi connectivity index (χ1v) is 9.69. The second-order valence-corrected chi connectivity index (χ2v) is 7.62. The van der Waals surface area contributed by atoms with Gasteiger partial charge in [0.05, 0.1) is 11.3 Å². The topological polar surface area (TPSA) is 41.3 Å². The van der Waals surface area contributed by atoms with E-state index in [-0.39, 0.29) is 11.3 Å². The molecule has 4 nitrogen and oxygen atoms in total. The summed E-state index contributed by atoms with van der Waals surface area (Å²) in [7, 11) is 0. The summed E-state index contributed by atoms with van der Waals surface area (Å²) < 4.78 is 32.2. The summed E-state index contributed by atoms with van der Waals surface area (Å²) in [6.45, 7) is 7.24. The van der Waals surface area contributed by atoms with Gasteiger partial charge >= 0.3 is 0 Å². The lowest BCUT2D eigenvalue weighted by Gasteiger charge is -2.41. The lowest BCUT2D eigenvalue weighted by molar-refractivity contribution is 0.0853. The molecule has 0 unspecified atom stereocenters. The quantitative estimate of drug-likeness (QED) is 0.813. The van der Waals surface area contributed by atoms with Crippen molar-refractivity contribution >= 4 is 5.70 Å². The van der Waals surface area contributed by atoms with Gasteiger partial charge in [-0.1, -0.05) is 18.2 Å². The third-order valence-corrected chi connectivity index (χ3v) is 5.86. The Labute approximate surface area is 158 Å². The highest BCUT2D eigenvalue weighted by Gasteiger charge is 2.28. The molecule has 0 bridgehead atoms. The molecular formula is C21H25F2N3O. The van der Waals surface area contributed by atoms with Crippen LogP contribution < -0.4 is 5.32 Å². The van der Waals surface area contributed by atoms with E-state index in [0.29, 0.717) is 17.3 Å². The molecule has 4 rings (SSSR count). The molecule has 0 radical (unpaired) electrons. The second-order valence-electron chi connectivity index (χ2n) is 7.62. The number of piperidine rings is 1. The minimum absolute atomic E-state index is 0.186. The van der Waals surface area contributed by atoms with Gasteiger partial charge in [0.1, 0.15) is 17.3 Å². The lowest BCUT2D eigenvalue weighted by Crippen LogP contribution is -2.45. The number of likely N-dealkylation sites (tertiary alicyclic amines) is 1. The van der Waals surface area contributed by atoms with Crippen LogP contribution in [0.4, 0.5) is 8.78 Å². The molecule has 144 valence electrons. The van der Waals surface area contributed by atoms with Crippen molar-refractivity contribution in [3.8, 4) is 11.3 Å². The normalized spacial score (nSPS) is 19.0. The van der Waals surface area contributed by atoms with Gasteiger partial charge in [-0.3, -0.25) is 0 Å². The Morgan fingerprint density at radius 1 is 1.19 bits per heavy atom. The highest BCUT2D eigenvalue weighted by atomic mass is 19.1. The minimum Gasteiger partial charge on any atom is -0.383 e. The van der Waals surface area contributed by atoms with Gasteiger partial charge in [0, 0.05) is 24.7 Å². The molecule has 1 saturated heterocycles. The van der Waals surface area contributed by atoms with Crippen LogP contribution in [0.3, 0.4) is 0 Å². The molecule has 1 aliphatic heterocycles. The van der Waals surface area contributed by atoms with Gasteiger partial charge < -0.3 is 14.7 Å². The molecule has 0 atom stereocenters. The van der Waals surface area contributed by atoms with E-state index in [2.05, 4.69) is 22.0 Å². The molecule has 27 heavy (non-hydrogen) atoms. The molecule has 1 N–H and O–H groups in total. The van der Waals surface area contributed by atoms with Crippen molar-refractivity contribution in [2.75, 3.05) is 19.6 Å². The van der Waals surface area contributed by atoms with Crippen LogP contribution in [0.5, 0.6) is 0 Å². The highest BCUT2D eigenvalue weighted by molar-refractivity contribution is 5.65. The molecular weight excluding hydrogens is 348 g/mol. The standard InChI is InChI=1S/C21H25F2N3O/c1-14(24-13-15-7-9-26(10-8-15)17-3-2-4-17)20-12-21(27-25-20)18-6-5-16(22)11-19(18)23/h5-6,11-12,15,17,24H,1-4,7-10,13H2. The number of benzene rings is 1. The van der Waals surface area contributed by atoms with Crippen LogP contribution in [0, 0.1) is 17.6 Å². The van der Waals surface area contributed by atoms with Gasteiger partial charge in [-0.25, -0.2) is 8.78 Å². The van der Waals surface area contributed by atoms with Gasteiger partial charge in [0.2, 0.25) is 0 Å². The SMILES string of the molecule is C=C(NCC1CCN(C2CCC2)CC1)c1cc(-c2ccc(F)cc2F)on1. The van der Waals surface area contributed by atoms with Crippen LogP contribution in [-0.2, 0) is 0 Å². The summed E-state index contributed by atoms with van der Waals surface area (Å²) in [5.74, 6) is -0.404. The Morgan fingerprint density at radius 2 is 1.96 bits per heavy atom. The summed E-state index contributed by atoms with van der Waals surface area (Å²) in [6, 6.07) is 5.84. The van der Waals surface area contributed by atoms with Crippen molar-refractivity contribution in [2.45, 2.75) is 38.1 Å². The van der Waals surface area contributed by atoms with Gasteiger partial charge in [-0.15, -0.1) is 0 Å². The summed E-state index contributed by atoms with van der Waals surface area (Å²) in [6.07, 6.45) is 6.50. The third kappa shape index (κ3) is 4.05. The van der Waals surface area contributed by atoms with E-state index >= 15 is 0 Å². The summed E-state index contributed by atoms with van der Waals surface area (Å²) in [5, 5.41) is 7.31. The van der Waals surface area contributed by atoms with Gasteiger partial charge in [0.15, 0.2) is 5.76 Å². The maximum Gasteiger partial charge on any atom is 0.170 e. The number of hydrogen-bond donors (Lipinski definition) is 1.